The number of piperazine rings is 1. The van der Waals surface area contributed by atoms with E-state index >= 15 is 0 Å². The molecule has 0 N–H and O–H groups in total. The summed E-state index contributed by atoms with van der Waals surface area (Å²) in [6, 6.07) is 23.8. The first-order valence-electron chi connectivity index (χ1n) is 14.9. The van der Waals surface area contributed by atoms with E-state index in [0.717, 1.165) is 22.1 Å². The summed E-state index contributed by atoms with van der Waals surface area (Å²) in [7, 11) is 1.60. The first kappa shape index (κ1) is 29.6. The van der Waals surface area contributed by atoms with Gasteiger partial charge in [0.15, 0.2) is 5.65 Å². The second-order valence-electron chi connectivity index (χ2n) is 11.2. The van der Waals surface area contributed by atoms with Gasteiger partial charge in [0, 0.05) is 55.3 Å². The van der Waals surface area contributed by atoms with E-state index < -0.39 is 0 Å². The van der Waals surface area contributed by atoms with Crippen LogP contribution in [0.4, 0.5) is 0 Å². The van der Waals surface area contributed by atoms with E-state index in [2.05, 4.69) is 52.0 Å². The molecule has 6 rings (SSSR count). The molecule has 10 heteroatoms. The van der Waals surface area contributed by atoms with Crippen molar-refractivity contribution in [3.8, 4) is 5.75 Å². The van der Waals surface area contributed by atoms with Crippen LogP contribution in [0.5, 0.6) is 5.75 Å². The lowest BCUT2D eigenvalue weighted by atomic mass is 10.1. The van der Waals surface area contributed by atoms with Gasteiger partial charge in [0.25, 0.3) is 5.91 Å². The van der Waals surface area contributed by atoms with E-state index in [1.54, 1.807) is 31.4 Å². The van der Waals surface area contributed by atoms with Crippen LogP contribution in [-0.4, -0.2) is 79.9 Å². The van der Waals surface area contributed by atoms with Crippen LogP contribution in [0.3, 0.4) is 0 Å². The fourth-order valence-electron chi connectivity index (χ4n) is 5.77. The van der Waals surface area contributed by atoms with E-state index in [4.69, 9.17) is 9.72 Å². The molecule has 2 aromatic heterocycles. The Bertz CT molecular complexity index is 1790. The van der Waals surface area contributed by atoms with Crippen LogP contribution in [0.15, 0.2) is 78.0 Å². The molecule has 226 valence electrons. The highest BCUT2D eigenvalue weighted by atomic mass is 32.2. The Labute approximate surface area is 261 Å². The third kappa shape index (κ3) is 6.26. The summed E-state index contributed by atoms with van der Waals surface area (Å²) in [5.41, 5.74) is 5.69. The molecule has 9 nitrogen and oxygen atoms in total. The number of nitrogens with zero attached hydrogens (tertiary/aromatic N) is 6. The summed E-state index contributed by atoms with van der Waals surface area (Å²) in [5.74, 6) is 1.52. The largest absolute Gasteiger partial charge is 0.497 e. The van der Waals surface area contributed by atoms with Crippen molar-refractivity contribution < 1.29 is 14.3 Å². The molecule has 0 radical (unpaired) electrons. The topological polar surface area (TPSA) is 93.5 Å². The third-order valence-corrected chi connectivity index (χ3v) is 9.05. The van der Waals surface area contributed by atoms with Crippen LogP contribution >= 0.6 is 11.8 Å². The monoisotopic (exact) mass is 608 g/mol. The summed E-state index contributed by atoms with van der Waals surface area (Å²) < 4.78 is 7.41. The molecule has 3 heterocycles. The fraction of sp³-hybridized carbons (Fsp3) is 0.324. The van der Waals surface area contributed by atoms with Gasteiger partial charge in [0.05, 0.1) is 12.6 Å². The van der Waals surface area contributed by atoms with Crippen LogP contribution < -0.4 is 4.74 Å². The molecule has 0 spiro atoms. The van der Waals surface area contributed by atoms with E-state index in [1.165, 1.54) is 22.9 Å². The summed E-state index contributed by atoms with van der Waals surface area (Å²) in [6.45, 7) is 6.35. The molecule has 2 amide bonds. The maximum absolute atomic E-state index is 13.1. The molecule has 0 saturated carbocycles. The highest BCUT2D eigenvalue weighted by Gasteiger charge is 2.30. The van der Waals surface area contributed by atoms with Crippen LogP contribution in [0.1, 0.15) is 41.3 Å². The van der Waals surface area contributed by atoms with Gasteiger partial charge in [-0.2, -0.15) is 0 Å². The molecule has 1 saturated heterocycles. The predicted molar refractivity (Wildman–Crippen MR) is 173 cm³/mol. The Morgan fingerprint density at radius 1 is 1.00 bits per heavy atom. The van der Waals surface area contributed by atoms with Crippen molar-refractivity contribution in [1.82, 2.24) is 29.5 Å². The van der Waals surface area contributed by atoms with Crippen LogP contribution in [0, 0.1) is 6.92 Å². The maximum Gasteiger partial charge on any atom is 0.254 e. The number of hydrogen-bond acceptors (Lipinski definition) is 7. The van der Waals surface area contributed by atoms with Crippen molar-refractivity contribution in [2.24, 2.45) is 0 Å². The van der Waals surface area contributed by atoms with Crippen LogP contribution in [0.2, 0.25) is 0 Å². The second kappa shape index (κ2) is 13.1. The molecular weight excluding hydrogens is 572 g/mol. The number of carbonyl (C=O) groups is 2. The zero-order valence-electron chi connectivity index (χ0n) is 25.3. The Hall–Kier alpha value is -4.44. The quantitative estimate of drug-likeness (QED) is 0.159. The number of hydrogen-bond donors (Lipinski definition) is 0. The first-order chi connectivity index (χ1) is 21.4. The van der Waals surface area contributed by atoms with Crippen LogP contribution in [-0.2, 0) is 11.3 Å². The smallest absolute Gasteiger partial charge is 0.254 e. The lowest BCUT2D eigenvalue weighted by Gasteiger charge is -2.40. The third-order valence-electron chi connectivity index (χ3n) is 8.13. The molecule has 1 unspecified atom stereocenters. The highest BCUT2D eigenvalue weighted by molar-refractivity contribution is 7.99. The zero-order chi connectivity index (χ0) is 30.6. The molecule has 1 aliphatic heterocycles. The number of aryl methyl sites for hydroxylation is 1. The van der Waals surface area contributed by atoms with Crippen molar-refractivity contribution in [3.63, 3.8) is 0 Å². The molecular formula is C34H36N6O3S. The SMILES string of the molecule is COc1ccc(C(=O)N2CCN(C(=O)CCCSc3nnc4c5cc(C)ccc5n(Cc5ccccc5)c4n3)CC2C)cc1. The molecule has 0 bridgehead atoms. The number of rotatable bonds is 9. The summed E-state index contributed by atoms with van der Waals surface area (Å²) in [5, 5.41) is 10.7. The van der Waals surface area contributed by atoms with Crippen molar-refractivity contribution in [1.29, 1.82) is 0 Å². The van der Waals surface area contributed by atoms with Crippen molar-refractivity contribution in [3.05, 3.63) is 89.5 Å². The number of ether oxygens (including phenoxy) is 1. The van der Waals surface area contributed by atoms with Crippen LogP contribution in [0.25, 0.3) is 22.1 Å². The molecule has 1 atom stereocenters. The first-order valence-corrected chi connectivity index (χ1v) is 15.9. The van der Waals surface area contributed by atoms with Gasteiger partial charge >= 0.3 is 0 Å². The Morgan fingerprint density at radius 3 is 2.55 bits per heavy atom. The minimum Gasteiger partial charge on any atom is -0.497 e. The molecule has 5 aromatic rings. The van der Waals surface area contributed by atoms with Gasteiger partial charge in [-0.15, -0.1) is 10.2 Å². The Balaban J connectivity index is 1.05. The minimum absolute atomic E-state index is 0.0211. The Kier molecular flexibility index (Phi) is 8.79. The van der Waals surface area contributed by atoms with Gasteiger partial charge in [0.2, 0.25) is 11.1 Å². The number of methoxy groups -OCH3 is 1. The summed E-state index contributed by atoms with van der Waals surface area (Å²) >= 11 is 1.53. The molecule has 0 aliphatic carbocycles. The maximum atomic E-state index is 13.1. The number of amides is 2. The van der Waals surface area contributed by atoms with E-state index in [-0.39, 0.29) is 17.9 Å². The molecule has 44 heavy (non-hydrogen) atoms. The van der Waals surface area contributed by atoms with Gasteiger partial charge in [-0.05, 0) is 62.2 Å². The predicted octanol–water partition coefficient (Wildman–Crippen LogP) is 5.59. The number of fused-ring (bicyclic) bond motifs is 3. The average Bonchev–Trinajstić information content (AvgIpc) is 3.34. The van der Waals surface area contributed by atoms with Crippen molar-refractivity contribution in [2.45, 2.75) is 44.4 Å². The van der Waals surface area contributed by atoms with Crippen molar-refractivity contribution >= 4 is 45.6 Å². The second-order valence-corrected chi connectivity index (χ2v) is 12.3. The molecule has 3 aromatic carbocycles. The van der Waals surface area contributed by atoms with Gasteiger partial charge < -0.3 is 19.1 Å². The fourth-order valence-corrected chi connectivity index (χ4v) is 6.49. The average molecular weight is 609 g/mol. The lowest BCUT2D eigenvalue weighted by Crippen LogP contribution is -2.55. The number of aromatic nitrogens is 4. The van der Waals surface area contributed by atoms with Gasteiger partial charge in [-0.3, -0.25) is 9.59 Å². The van der Waals surface area contributed by atoms with E-state index in [9.17, 15) is 9.59 Å². The highest BCUT2D eigenvalue weighted by Crippen LogP contribution is 2.29. The van der Waals surface area contributed by atoms with E-state index in [1.807, 2.05) is 34.9 Å². The molecule has 1 aliphatic rings. The standard InChI is InChI=1S/C34H36N6O3S/c1-23-11-16-29-28(20-23)31-32(40(29)22-25-8-5-4-6-9-25)35-34(37-36-31)44-19-7-10-30(41)38-17-18-39(24(2)21-38)33(42)26-12-14-27(43-3)15-13-26/h4-6,8-9,11-16,20,24H,7,10,17-19,21-22H2,1-3H3. The number of benzene rings is 3. The number of thioether (sulfide) groups is 1. The zero-order valence-corrected chi connectivity index (χ0v) is 26.1. The van der Waals surface area contributed by atoms with E-state index in [0.29, 0.717) is 61.2 Å². The Morgan fingerprint density at radius 2 is 1.80 bits per heavy atom. The normalized spacial score (nSPS) is 15.2. The van der Waals surface area contributed by atoms with Gasteiger partial charge in [-0.25, -0.2) is 4.98 Å². The summed E-state index contributed by atoms with van der Waals surface area (Å²) in [4.78, 5) is 34.7. The lowest BCUT2D eigenvalue weighted by molar-refractivity contribution is -0.133. The van der Waals surface area contributed by atoms with Gasteiger partial charge in [-0.1, -0.05) is 53.7 Å². The molecule has 1 fully saturated rings. The minimum atomic E-state index is -0.0608. The number of carbonyl (C=O) groups excluding carboxylic acids is 2. The van der Waals surface area contributed by atoms with Crippen molar-refractivity contribution in [2.75, 3.05) is 32.5 Å². The van der Waals surface area contributed by atoms with Gasteiger partial charge in [0.1, 0.15) is 11.3 Å². The summed E-state index contributed by atoms with van der Waals surface area (Å²) in [6.07, 6.45) is 1.14.